The lowest BCUT2D eigenvalue weighted by Crippen LogP contribution is -2.36. The largest absolute Gasteiger partial charge is 0.492 e. The molecule has 6 rings (SSSR count). The lowest BCUT2D eigenvalue weighted by molar-refractivity contribution is 0.0999. The van der Waals surface area contributed by atoms with Gasteiger partial charge in [-0.25, -0.2) is 4.98 Å². The SMILES string of the molecule is NC(=O)c1cc(-c2ccc(OCC3CCNCC3)c(Cl)c2)nc2c1Cc1cc(N3CCOCC3)ccc1-2. The first-order valence-electron chi connectivity index (χ1n) is 13.0. The van der Waals surface area contributed by atoms with E-state index < -0.39 is 5.91 Å². The maximum absolute atomic E-state index is 12.5. The smallest absolute Gasteiger partial charge is 0.249 e. The van der Waals surface area contributed by atoms with E-state index in [1.165, 1.54) is 5.69 Å². The van der Waals surface area contributed by atoms with Gasteiger partial charge in [-0.3, -0.25) is 4.79 Å². The molecule has 0 radical (unpaired) electrons. The molecule has 1 amide bonds. The van der Waals surface area contributed by atoms with Gasteiger partial charge in [-0.2, -0.15) is 0 Å². The highest BCUT2D eigenvalue weighted by atomic mass is 35.5. The van der Waals surface area contributed by atoms with E-state index >= 15 is 0 Å². The summed E-state index contributed by atoms with van der Waals surface area (Å²) in [6.07, 6.45) is 2.86. The summed E-state index contributed by atoms with van der Waals surface area (Å²) in [5.74, 6) is 0.757. The van der Waals surface area contributed by atoms with Crippen LogP contribution in [0.3, 0.4) is 0 Å². The number of primary amides is 1. The number of halogens is 1. The third kappa shape index (κ3) is 4.91. The van der Waals surface area contributed by atoms with Gasteiger partial charge in [-0.1, -0.05) is 17.7 Å². The van der Waals surface area contributed by atoms with E-state index in [1.807, 2.05) is 18.2 Å². The highest BCUT2D eigenvalue weighted by Gasteiger charge is 2.27. The number of pyridine rings is 1. The number of rotatable bonds is 6. The molecule has 37 heavy (non-hydrogen) atoms. The summed E-state index contributed by atoms with van der Waals surface area (Å²) in [7, 11) is 0. The van der Waals surface area contributed by atoms with E-state index in [2.05, 4.69) is 28.4 Å². The van der Waals surface area contributed by atoms with Crippen molar-refractivity contribution >= 4 is 23.2 Å². The van der Waals surface area contributed by atoms with Crippen molar-refractivity contribution in [1.82, 2.24) is 10.3 Å². The monoisotopic (exact) mass is 518 g/mol. The molecule has 192 valence electrons. The number of benzene rings is 2. The van der Waals surface area contributed by atoms with E-state index in [4.69, 9.17) is 31.8 Å². The number of anilines is 1. The number of carbonyl (C=O) groups excluding carboxylic acids is 1. The van der Waals surface area contributed by atoms with Crippen LogP contribution in [0.4, 0.5) is 5.69 Å². The van der Waals surface area contributed by atoms with Crippen LogP contribution < -0.4 is 20.7 Å². The van der Waals surface area contributed by atoms with Crippen LogP contribution in [0.25, 0.3) is 22.5 Å². The van der Waals surface area contributed by atoms with Crippen LogP contribution in [0.5, 0.6) is 5.75 Å². The van der Waals surface area contributed by atoms with Crippen molar-refractivity contribution in [2.75, 3.05) is 50.9 Å². The van der Waals surface area contributed by atoms with Crippen LogP contribution in [-0.4, -0.2) is 56.9 Å². The molecule has 2 aromatic carbocycles. The average Bonchev–Trinajstić information content (AvgIpc) is 3.30. The fourth-order valence-corrected chi connectivity index (χ4v) is 5.78. The number of hydrogen-bond acceptors (Lipinski definition) is 6. The zero-order valence-electron chi connectivity index (χ0n) is 20.8. The Morgan fingerprint density at radius 1 is 1.14 bits per heavy atom. The normalized spacial score (nSPS) is 17.4. The molecule has 7 nitrogen and oxygen atoms in total. The molecule has 8 heteroatoms. The van der Waals surface area contributed by atoms with Crippen LogP contribution in [0.2, 0.25) is 5.02 Å². The number of ether oxygens (including phenoxy) is 2. The lowest BCUT2D eigenvalue weighted by Gasteiger charge is -2.29. The molecule has 0 saturated carbocycles. The standard InChI is InChI=1S/C29H31ClN4O3/c30-25-15-19(1-4-27(25)37-17-18-5-7-32-8-6-18)26-16-24(29(31)35)23-14-20-13-21(34-9-11-36-12-10-34)2-3-22(20)28(23)33-26/h1-4,13,15-16,18,32H,5-12,14,17H2,(H2,31,35). The summed E-state index contributed by atoms with van der Waals surface area (Å²) >= 11 is 6.62. The minimum Gasteiger partial charge on any atom is -0.492 e. The zero-order valence-corrected chi connectivity index (χ0v) is 21.5. The average molecular weight is 519 g/mol. The van der Waals surface area contributed by atoms with Crippen molar-refractivity contribution in [3.05, 3.63) is 64.2 Å². The maximum Gasteiger partial charge on any atom is 0.249 e. The number of nitrogens with two attached hydrogens (primary N) is 1. The molecule has 2 aliphatic heterocycles. The Hall–Kier alpha value is -3.13. The molecule has 0 atom stereocenters. The van der Waals surface area contributed by atoms with Gasteiger partial charge in [0.15, 0.2) is 0 Å². The van der Waals surface area contributed by atoms with Crippen LogP contribution in [-0.2, 0) is 11.2 Å². The summed E-state index contributed by atoms with van der Waals surface area (Å²) in [4.78, 5) is 19.8. The van der Waals surface area contributed by atoms with Gasteiger partial charge in [-0.05, 0) is 79.4 Å². The predicted molar refractivity (Wildman–Crippen MR) is 146 cm³/mol. The Labute approximate surface area is 221 Å². The van der Waals surface area contributed by atoms with Gasteiger partial charge in [0, 0.05) is 41.9 Å². The molecule has 3 aliphatic rings. The van der Waals surface area contributed by atoms with E-state index in [9.17, 15) is 4.79 Å². The van der Waals surface area contributed by atoms with E-state index in [1.54, 1.807) is 6.07 Å². The number of hydrogen-bond donors (Lipinski definition) is 2. The third-order valence-electron chi connectivity index (χ3n) is 7.64. The summed E-state index contributed by atoms with van der Waals surface area (Å²) in [6, 6.07) is 13.9. The number of nitrogens with one attached hydrogen (secondary N) is 1. The van der Waals surface area contributed by atoms with Gasteiger partial charge >= 0.3 is 0 Å². The Balaban J connectivity index is 1.29. The topological polar surface area (TPSA) is 89.7 Å². The summed E-state index contributed by atoms with van der Waals surface area (Å²) in [5, 5.41) is 3.91. The van der Waals surface area contributed by atoms with Gasteiger partial charge in [0.25, 0.3) is 0 Å². The number of morpholine rings is 1. The lowest BCUT2D eigenvalue weighted by atomic mass is 9.99. The van der Waals surface area contributed by atoms with Crippen molar-refractivity contribution in [2.45, 2.75) is 19.3 Å². The molecule has 3 N–H and O–H groups in total. The second-order valence-electron chi connectivity index (χ2n) is 10.0. The number of amides is 1. The molecule has 1 aliphatic carbocycles. The van der Waals surface area contributed by atoms with E-state index in [0.717, 1.165) is 80.2 Å². The zero-order chi connectivity index (χ0) is 25.4. The van der Waals surface area contributed by atoms with Crippen molar-refractivity contribution in [3.8, 4) is 28.3 Å². The Bertz CT molecular complexity index is 1330. The fraction of sp³-hybridized carbons (Fsp3) is 0.379. The third-order valence-corrected chi connectivity index (χ3v) is 7.93. The first kappa shape index (κ1) is 24.2. The molecule has 3 heterocycles. The Morgan fingerprint density at radius 2 is 1.95 bits per heavy atom. The highest BCUT2D eigenvalue weighted by molar-refractivity contribution is 6.32. The predicted octanol–water partition coefficient (Wildman–Crippen LogP) is 4.29. The first-order chi connectivity index (χ1) is 18.1. The number of piperidine rings is 1. The van der Waals surface area contributed by atoms with Crippen LogP contribution in [0.1, 0.15) is 34.3 Å². The molecular formula is C29H31ClN4O3. The minimum absolute atomic E-state index is 0.450. The summed E-state index contributed by atoms with van der Waals surface area (Å²) in [5.41, 5.74) is 12.9. The molecule has 0 bridgehead atoms. The summed E-state index contributed by atoms with van der Waals surface area (Å²) in [6.45, 7) is 5.94. The van der Waals surface area contributed by atoms with E-state index in [0.29, 0.717) is 41.0 Å². The first-order valence-corrected chi connectivity index (χ1v) is 13.4. The second-order valence-corrected chi connectivity index (χ2v) is 10.4. The highest BCUT2D eigenvalue weighted by Crippen LogP contribution is 2.41. The molecule has 3 aromatic rings. The minimum atomic E-state index is -0.450. The van der Waals surface area contributed by atoms with Crippen molar-refractivity contribution in [1.29, 1.82) is 0 Å². The van der Waals surface area contributed by atoms with Gasteiger partial charge in [0.2, 0.25) is 5.91 Å². The molecule has 0 spiro atoms. The quantitative estimate of drug-likeness (QED) is 0.396. The number of fused-ring (bicyclic) bond motifs is 3. The van der Waals surface area contributed by atoms with Crippen molar-refractivity contribution < 1.29 is 14.3 Å². The molecule has 0 unspecified atom stereocenters. The van der Waals surface area contributed by atoms with Crippen LogP contribution in [0, 0.1) is 5.92 Å². The van der Waals surface area contributed by atoms with Gasteiger partial charge in [-0.15, -0.1) is 0 Å². The number of carbonyl (C=O) groups is 1. The molecule has 2 saturated heterocycles. The van der Waals surface area contributed by atoms with Crippen molar-refractivity contribution in [3.63, 3.8) is 0 Å². The number of aromatic nitrogens is 1. The number of nitrogens with zero attached hydrogens (tertiary/aromatic N) is 2. The van der Waals surface area contributed by atoms with Crippen LogP contribution in [0.15, 0.2) is 42.5 Å². The summed E-state index contributed by atoms with van der Waals surface area (Å²) < 4.78 is 11.5. The van der Waals surface area contributed by atoms with Crippen molar-refractivity contribution in [2.24, 2.45) is 11.7 Å². The molecular weight excluding hydrogens is 488 g/mol. The maximum atomic E-state index is 12.5. The Kier molecular flexibility index (Phi) is 6.76. The Morgan fingerprint density at radius 3 is 2.70 bits per heavy atom. The second kappa shape index (κ2) is 10.3. The molecule has 1 aromatic heterocycles. The van der Waals surface area contributed by atoms with E-state index in [-0.39, 0.29) is 0 Å². The van der Waals surface area contributed by atoms with Gasteiger partial charge in [0.1, 0.15) is 5.75 Å². The fourth-order valence-electron chi connectivity index (χ4n) is 5.54. The van der Waals surface area contributed by atoms with Gasteiger partial charge in [0.05, 0.1) is 36.2 Å². The van der Waals surface area contributed by atoms with Crippen LogP contribution >= 0.6 is 11.6 Å². The van der Waals surface area contributed by atoms with Gasteiger partial charge < -0.3 is 25.4 Å². The molecule has 2 fully saturated rings.